The Labute approximate surface area is 59.5 Å². The van der Waals surface area contributed by atoms with Crippen LogP contribution in [0.1, 0.15) is 13.3 Å². The van der Waals surface area contributed by atoms with Crippen molar-refractivity contribution in [2.45, 2.75) is 13.3 Å². The van der Waals surface area contributed by atoms with Gasteiger partial charge in [0.1, 0.15) is 6.61 Å². The summed E-state index contributed by atoms with van der Waals surface area (Å²) in [5.74, 6) is 0. The van der Waals surface area contributed by atoms with Crippen LogP contribution >= 0.6 is 11.6 Å². The molecule has 3 heteroatoms. The Morgan fingerprint density at radius 1 is 1.67 bits per heavy atom. The highest BCUT2D eigenvalue weighted by Gasteiger charge is 1.88. The van der Waals surface area contributed by atoms with E-state index in [0.29, 0.717) is 0 Å². The lowest BCUT2D eigenvalue weighted by atomic mass is 10.4. The molecule has 0 aliphatic carbocycles. The van der Waals surface area contributed by atoms with Gasteiger partial charge in [0.05, 0.1) is 0 Å². The van der Waals surface area contributed by atoms with E-state index in [1.165, 1.54) is 0 Å². The number of carbonyl (C=O) groups excluding carboxylic acids is 1. The molecule has 0 atom stereocenters. The standard InChI is InChI=1S/C6H9ClO2/c1-2-3-4-5-9-6(7)8/h3-4H,2,5H2,1H3/b4-3-. The fourth-order valence-corrected chi connectivity index (χ4v) is 0.411. The van der Waals surface area contributed by atoms with Gasteiger partial charge in [-0.05, 0) is 6.42 Å². The van der Waals surface area contributed by atoms with Gasteiger partial charge in [-0.3, -0.25) is 0 Å². The summed E-state index contributed by atoms with van der Waals surface area (Å²) >= 11 is 4.86. The molecule has 0 bridgehead atoms. The first-order chi connectivity index (χ1) is 4.27. The normalized spacial score (nSPS) is 10.0. The summed E-state index contributed by atoms with van der Waals surface area (Å²) in [7, 11) is 0. The number of allylic oxidation sites excluding steroid dienone is 1. The van der Waals surface area contributed by atoms with Crippen molar-refractivity contribution in [2.75, 3.05) is 6.61 Å². The van der Waals surface area contributed by atoms with Gasteiger partial charge in [-0.15, -0.1) is 0 Å². The predicted molar refractivity (Wildman–Crippen MR) is 36.6 cm³/mol. The Balaban J connectivity index is 3.09. The van der Waals surface area contributed by atoms with Crippen LogP contribution in [0.15, 0.2) is 12.2 Å². The van der Waals surface area contributed by atoms with E-state index >= 15 is 0 Å². The third kappa shape index (κ3) is 7.50. The molecule has 0 fully saturated rings. The molecule has 0 aromatic rings. The fourth-order valence-electron chi connectivity index (χ4n) is 0.348. The Morgan fingerprint density at radius 3 is 2.78 bits per heavy atom. The van der Waals surface area contributed by atoms with Gasteiger partial charge in [-0.2, -0.15) is 0 Å². The first kappa shape index (κ1) is 8.50. The second kappa shape index (κ2) is 5.63. The molecule has 0 saturated heterocycles. The summed E-state index contributed by atoms with van der Waals surface area (Å²) in [4.78, 5) is 9.92. The van der Waals surface area contributed by atoms with E-state index in [2.05, 4.69) is 4.74 Å². The van der Waals surface area contributed by atoms with E-state index < -0.39 is 5.43 Å². The maximum absolute atomic E-state index is 9.92. The van der Waals surface area contributed by atoms with Crippen LogP contribution in [0.5, 0.6) is 0 Å². The number of hydrogen-bond donors (Lipinski definition) is 0. The first-order valence-corrected chi connectivity index (χ1v) is 3.12. The molecule has 0 radical (unpaired) electrons. The minimum Gasteiger partial charge on any atom is -0.449 e. The summed E-state index contributed by atoms with van der Waals surface area (Å²) in [5.41, 5.74) is -0.754. The summed E-state index contributed by atoms with van der Waals surface area (Å²) in [6.45, 7) is 2.27. The Kier molecular flexibility index (Phi) is 5.32. The van der Waals surface area contributed by atoms with Crippen LogP contribution in [0.3, 0.4) is 0 Å². The highest BCUT2D eigenvalue weighted by molar-refractivity contribution is 6.61. The number of halogens is 1. The topological polar surface area (TPSA) is 26.3 Å². The SMILES string of the molecule is CC/C=C\COC(=O)Cl. The van der Waals surface area contributed by atoms with Gasteiger partial charge in [0.15, 0.2) is 0 Å². The molecule has 9 heavy (non-hydrogen) atoms. The third-order valence-corrected chi connectivity index (χ3v) is 0.805. The van der Waals surface area contributed by atoms with Crippen LogP contribution in [-0.4, -0.2) is 12.0 Å². The summed E-state index contributed by atoms with van der Waals surface area (Å²) in [6.07, 6.45) is 4.60. The van der Waals surface area contributed by atoms with E-state index in [1.54, 1.807) is 6.08 Å². The van der Waals surface area contributed by atoms with Crippen LogP contribution in [0.2, 0.25) is 0 Å². The van der Waals surface area contributed by atoms with Gasteiger partial charge >= 0.3 is 5.43 Å². The maximum atomic E-state index is 9.92. The van der Waals surface area contributed by atoms with Gasteiger partial charge in [-0.1, -0.05) is 19.1 Å². The molecule has 0 aliphatic heterocycles. The lowest BCUT2D eigenvalue weighted by Crippen LogP contribution is -1.91. The molecule has 0 aliphatic rings. The molecule has 52 valence electrons. The molecular formula is C6H9ClO2. The monoisotopic (exact) mass is 148 g/mol. The average Bonchev–Trinajstić information content (AvgIpc) is 1.80. The quantitative estimate of drug-likeness (QED) is 0.454. The van der Waals surface area contributed by atoms with Gasteiger partial charge in [0.25, 0.3) is 0 Å². The highest BCUT2D eigenvalue weighted by atomic mass is 35.5. The molecule has 0 unspecified atom stereocenters. The zero-order valence-electron chi connectivity index (χ0n) is 5.26. The van der Waals surface area contributed by atoms with Crippen molar-refractivity contribution >= 4 is 17.0 Å². The maximum Gasteiger partial charge on any atom is 0.404 e. The smallest absolute Gasteiger partial charge is 0.404 e. The molecule has 0 saturated carbocycles. The summed E-state index contributed by atoms with van der Waals surface area (Å²) in [6, 6.07) is 0. The van der Waals surface area contributed by atoms with Gasteiger partial charge < -0.3 is 4.74 Å². The molecule has 2 nitrogen and oxygen atoms in total. The van der Waals surface area contributed by atoms with Crippen LogP contribution in [0, 0.1) is 0 Å². The highest BCUT2D eigenvalue weighted by Crippen LogP contribution is 1.87. The van der Waals surface area contributed by atoms with Crippen molar-refractivity contribution in [3.05, 3.63) is 12.2 Å². The van der Waals surface area contributed by atoms with Crippen LogP contribution in [0.4, 0.5) is 4.79 Å². The molecule has 0 amide bonds. The van der Waals surface area contributed by atoms with Gasteiger partial charge in [-0.25, -0.2) is 4.79 Å². The van der Waals surface area contributed by atoms with E-state index in [0.717, 1.165) is 6.42 Å². The predicted octanol–water partition coefficient (Wildman–Crippen LogP) is 2.33. The molecule has 0 aromatic carbocycles. The minimum absolute atomic E-state index is 0.274. The molecule has 0 heterocycles. The van der Waals surface area contributed by atoms with Crippen molar-refractivity contribution in [1.82, 2.24) is 0 Å². The van der Waals surface area contributed by atoms with Crippen molar-refractivity contribution in [3.8, 4) is 0 Å². The fraction of sp³-hybridized carbons (Fsp3) is 0.500. The van der Waals surface area contributed by atoms with Crippen molar-refractivity contribution in [1.29, 1.82) is 0 Å². The second-order valence-electron chi connectivity index (χ2n) is 1.43. The number of ether oxygens (including phenoxy) is 1. The zero-order chi connectivity index (χ0) is 7.11. The van der Waals surface area contributed by atoms with Crippen LogP contribution in [0.25, 0.3) is 0 Å². The van der Waals surface area contributed by atoms with Crippen LogP contribution < -0.4 is 0 Å². The van der Waals surface area contributed by atoms with E-state index in [1.807, 2.05) is 13.0 Å². The summed E-state index contributed by atoms with van der Waals surface area (Å²) in [5, 5.41) is 0. The molecule has 0 spiro atoms. The second-order valence-corrected chi connectivity index (χ2v) is 1.74. The third-order valence-electron chi connectivity index (χ3n) is 0.695. The zero-order valence-corrected chi connectivity index (χ0v) is 6.02. The number of rotatable bonds is 3. The number of hydrogen-bond acceptors (Lipinski definition) is 2. The van der Waals surface area contributed by atoms with E-state index in [4.69, 9.17) is 11.6 Å². The Morgan fingerprint density at radius 2 is 2.33 bits per heavy atom. The first-order valence-electron chi connectivity index (χ1n) is 2.74. The lowest BCUT2D eigenvalue weighted by Gasteiger charge is -1.90. The van der Waals surface area contributed by atoms with Crippen molar-refractivity contribution < 1.29 is 9.53 Å². The van der Waals surface area contributed by atoms with Gasteiger partial charge in [0, 0.05) is 11.6 Å². The largest absolute Gasteiger partial charge is 0.449 e. The van der Waals surface area contributed by atoms with Gasteiger partial charge in [0.2, 0.25) is 0 Å². The lowest BCUT2D eigenvalue weighted by molar-refractivity contribution is 0.186. The van der Waals surface area contributed by atoms with Crippen molar-refractivity contribution in [3.63, 3.8) is 0 Å². The number of carbonyl (C=O) groups is 1. The van der Waals surface area contributed by atoms with Crippen LogP contribution in [-0.2, 0) is 4.74 Å². The summed E-state index contributed by atoms with van der Waals surface area (Å²) < 4.78 is 4.38. The van der Waals surface area contributed by atoms with E-state index in [9.17, 15) is 4.79 Å². The minimum atomic E-state index is -0.754. The molecule has 0 N–H and O–H groups in total. The molecule has 0 aromatic heterocycles. The molecular weight excluding hydrogens is 140 g/mol. The average molecular weight is 149 g/mol. The molecule has 0 rings (SSSR count). The Bertz CT molecular complexity index is 110. The Hall–Kier alpha value is -0.500. The van der Waals surface area contributed by atoms with E-state index in [-0.39, 0.29) is 6.61 Å². The van der Waals surface area contributed by atoms with Crippen molar-refractivity contribution in [2.24, 2.45) is 0 Å².